The molecule has 0 atom stereocenters. The highest BCUT2D eigenvalue weighted by molar-refractivity contribution is 7.80. The second kappa shape index (κ2) is 11.9. The molecule has 0 bridgehead atoms. The molecule has 210 valence electrons. The van der Waals surface area contributed by atoms with Gasteiger partial charge in [0, 0.05) is 21.8 Å². The molecule has 0 unspecified atom stereocenters. The van der Waals surface area contributed by atoms with Crippen LogP contribution in [-0.4, -0.2) is 0 Å². The predicted octanol–water partition coefficient (Wildman–Crippen LogP) is 7.42. The Kier molecular flexibility index (Phi) is 7.71. The lowest BCUT2D eigenvalue weighted by Crippen LogP contribution is -2.28. The summed E-state index contributed by atoms with van der Waals surface area (Å²) < 4.78 is 7.05. The fraction of sp³-hybridized carbons (Fsp3) is 0.100. The number of hydrogen-bond donors (Lipinski definition) is 0. The molecule has 1 aliphatic heterocycles. The van der Waals surface area contributed by atoms with Crippen LogP contribution in [0, 0.1) is 0 Å². The van der Waals surface area contributed by atoms with E-state index in [1.807, 2.05) is 0 Å². The van der Waals surface area contributed by atoms with Gasteiger partial charge in [-0.2, -0.15) is 0 Å². The van der Waals surface area contributed by atoms with Gasteiger partial charge in [0.05, 0.1) is 0 Å². The molecule has 1 aliphatic rings. The number of benzene rings is 6. The summed E-state index contributed by atoms with van der Waals surface area (Å²) in [5.74, 6) is 1.04. The minimum absolute atomic E-state index is 0.240. The smallest absolute Gasteiger partial charge is 0.132 e. The van der Waals surface area contributed by atoms with E-state index in [-0.39, 0.29) is 5.41 Å². The standard InChI is InChI=1S/C40H34OP2/c1-40(2)35-25-15-27-37(42(30-17-7-3-8-18-30)31-19-9-4-10-20-31)34(35)29-41-39-36(40)26-16-28-38(39)43(32-21-11-5-12-22-32)33-23-13-6-14-24-33/h3-28H,29H2,1-2H3. The second-order valence-electron chi connectivity index (χ2n) is 11.4. The number of ether oxygens (including phenoxy) is 1. The predicted molar refractivity (Wildman–Crippen MR) is 187 cm³/mol. The van der Waals surface area contributed by atoms with Gasteiger partial charge < -0.3 is 4.74 Å². The van der Waals surface area contributed by atoms with Crippen LogP contribution in [0.5, 0.6) is 5.75 Å². The first kappa shape index (κ1) is 27.8. The Morgan fingerprint density at radius 2 is 0.837 bits per heavy atom. The van der Waals surface area contributed by atoms with Crippen LogP contribution in [-0.2, 0) is 12.0 Å². The molecular weight excluding hydrogens is 558 g/mol. The van der Waals surface area contributed by atoms with Crippen LogP contribution in [0.25, 0.3) is 0 Å². The number of para-hydroxylation sites is 1. The van der Waals surface area contributed by atoms with E-state index in [4.69, 9.17) is 4.74 Å². The van der Waals surface area contributed by atoms with Gasteiger partial charge in [-0.1, -0.05) is 172 Å². The summed E-state index contributed by atoms with van der Waals surface area (Å²) in [7, 11) is -1.56. The summed E-state index contributed by atoms with van der Waals surface area (Å²) >= 11 is 0. The topological polar surface area (TPSA) is 9.23 Å². The van der Waals surface area contributed by atoms with Gasteiger partial charge in [-0.25, -0.2) is 0 Å². The molecule has 0 spiro atoms. The Morgan fingerprint density at radius 3 is 1.30 bits per heavy atom. The fourth-order valence-electron chi connectivity index (χ4n) is 6.32. The Labute approximate surface area is 257 Å². The van der Waals surface area contributed by atoms with Crippen LogP contribution in [0.15, 0.2) is 158 Å². The van der Waals surface area contributed by atoms with Crippen LogP contribution in [0.3, 0.4) is 0 Å². The van der Waals surface area contributed by atoms with Crippen molar-refractivity contribution in [2.75, 3.05) is 0 Å². The minimum Gasteiger partial charge on any atom is -0.488 e. The maximum absolute atomic E-state index is 7.05. The molecule has 0 aromatic heterocycles. The van der Waals surface area contributed by atoms with E-state index in [0.29, 0.717) is 6.61 Å². The van der Waals surface area contributed by atoms with Gasteiger partial charge in [0.25, 0.3) is 0 Å². The molecule has 6 aromatic carbocycles. The molecule has 0 radical (unpaired) electrons. The zero-order valence-electron chi connectivity index (χ0n) is 24.5. The van der Waals surface area contributed by atoms with E-state index >= 15 is 0 Å². The van der Waals surface area contributed by atoms with Crippen LogP contribution in [0.2, 0.25) is 0 Å². The first-order valence-electron chi connectivity index (χ1n) is 14.8. The molecule has 7 rings (SSSR count). The zero-order valence-corrected chi connectivity index (χ0v) is 26.3. The van der Waals surface area contributed by atoms with Crippen molar-refractivity contribution in [1.82, 2.24) is 0 Å². The highest BCUT2D eigenvalue weighted by Gasteiger charge is 2.36. The number of fused-ring (bicyclic) bond motifs is 2. The molecule has 0 amide bonds. The second-order valence-corrected chi connectivity index (χ2v) is 15.8. The molecule has 0 fully saturated rings. The summed E-state index contributed by atoms with van der Waals surface area (Å²) in [6.07, 6.45) is 0. The van der Waals surface area contributed by atoms with Gasteiger partial charge in [-0.15, -0.1) is 0 Å². The maximum atomic E-state index is 7.05. The van der Waals surface area contributed by atoms with Crippen molar-refractivity contribution in [3.8, 4) is 5.75 Å². The summed E-state index contributed by atoms with van der Waals surface area (Å²) in [5, 5.41) is 8.03. The van der Waals surface area contributed by atoms with E-state index in [1.54, 1.807) is 0 Å². The lowest BCUT2D eigenvalue weighted by molar-refractivity contribution is 0.310. The molecule has 0 aliphatic carbocycles. The Morgan fingerprint density at radius 1 is 0.442 bits per heavy atom. The fourth-order valence-corrected chi connectivity index (χ4v) is 11.2. The number of hydrogen-bond acceptors (Lipinski definition) is 1. The van der Waals surface area contributed by atoms with Crippen molar-refractivity contribution < 1.29 is 4.74 Å². The molecule has 6 aromatic rings. The van der Waals surface area contributed by atoms with Gasteiger partial charge in [0.15, 0.2) is 0 Å². The van der Waals surface area contributed by atoms with E-state index < -0.39 is 15.8 Å². The third-order valence-corrected chi connectivity index (χ3v) is 13.4. The number of rotatable bonds is 6. The van der Waals surface area contributed by atoms with E-state index in [1.165, 1.54) is 48.5 Å². The van der Waals surface area contributed by atoms with Crippen molar-refractivity contribution in [1.29, 1.82) is 0 Å². The van der Waals surface area contributed by atoms with Crippen LogP contribution >= 0.6 is 15.8 Å². The van der Waals surface area contributed by atoms with Gasteiger partial charge in [-0.3, -0.25) is 0 Å². The molecule has 0 saturated heterocycles. The summed E-state index contributed by atoms with van der Waals surface area (Å²) in [5.41, 5.74) is 3.68. The molecule has 0 saturated carbocycles. The zero-order chi connectivity index (χ0) is 29.2. The van der Waals surface area contributed by atoms with Gasteiger partial charge in [0.2, 0.25) is 0 Å². The van der Waals surface area contributed by atoms with Crippen molar-refractivity contribution in [3.63, 3.8) is 0 Å². The molecular formula is C40H34OP2. The average Bonchev–Trinajstić information content (AvgIpc) is 3.18. The quantitative estimate of drug-likeness (QED) is 0.183. The van der Waals surface area contributed by atoms with Crippen LogP contribution in [0.4, 0.5) is 0 Å². The lowest BCUT2D eigenvalue weighted by atomic mass is 9.76. The first-order valence-corrected chi connectivity index (χ1v) is 17.5. The summed E-state index contributed by atoms with van der Waals surface area (Å²) in [6.45, 7) is 5.28. The van der Waals surface area contributed by atoms with E-state index in [9.17, 15) is 0 Å². The first-order chi connectivity index (χ1) is 21.1. The van der Waals surface area contributed by atoms with Crippen molar-refractivity contribution in [2.24, 2.45) is 0 Å². The molecule has 43 heavy (non-hydrogen) atoms. The monoisotopic (exact) mass is 592 g/mol. The molecule has 1 nitrogen and oxygen atoms in total. The van der Waals surface area contributed by atoms with Crippen molar-refractivity contribution >= 4 is 47.7 Å². The van der Waals surface area contributed by atoms with Gasteiger partial charge in [-0.05, 0) is 47.9 Å². The summed E-state index contributed by atoms with van der Waals surface area (Å²) in [4.78, 5) is 0. The molecule has 3 heteroatoms. The van der Waals surface area contributed by atoms with Gasteiger partial charge >= 0.3 is 0 Å². The van der Waals surface area contributed by atoms with Crippen molar-refractivity contribution in [3.05, 3.63) is 174 Å². The lowest BCUT2D eigenvalue weighted by Gasteiger charge is -2.30. The molecule has 1 heterocycles. The average molecular weight is 593 g/mol. The van der Waals surface area contributed by atoms with Crippen LogP contribution in [0.1, 0.15) is 30.5 Å². The molecule has 0 N–H and O–H groups in total. The third-order valence-electron chi connectivity index (χ3n) is 8.39. The highest BCUT2D eigenvalue weighted by atomic mass is 31.1. The van der Waals surface area contributed by atoms with E-state index in [0.717, 1.165) is 5.75 Å². The van der Waals surface area contributed by atoms with Gasteiger partial charge in [0.1, 0.15) is 12.4 Å². The Balaban J connectivity index is 1.41. The maximum Gasteiger partial charge on any atom is 0.132 e. The van der Waals surface area contributed by atoms with Crippen LogP contribution < -0.4 is 36.6 Å². The summed E-state index contributed by atoms with van der Waals surface area (Å²) in [6, 6.07) is 57.5. The SMILES string of the molecule is CC1(C)c2cccc(P(c3ccccc3)c3ccccc3)c2COc2c(P(c3ccccc3)c3ccccc3)cccc21. The van der Waals surface area contributed by atoms with E-state index in [2.05, 4.69) is 172 Å². The normalized spacial score (nSPS) is 13.6. The van der Waals surface area contributed by atoms with Crippen molar-refractivity contribution in [2.45, 2.75) is 25.9 Å². The Hall–Kier alpha value is -4.02. The third kappa shape index (κ3) is 5.23. The Bertz CT molecular complexity index is 1620. The minimum atomic E-state index is -0.803. The largest absolute Gasteiger partial charge is 0.488 e. The highest BCUT2D eigenvalue weighted by Crippen LogP contribution is 2.47.